The maximum Gasteiger partial charge on any atom is 0.341 e. The van der Waals surface area contributed by atoms with Gasteiger partial charge in [-0.25, -0.2) is 13.6 Å². The summed E-state index contributed by atoms with van der Waals surface area (Å²) in [7, 11) is 2.28. The van der Waals surface area contributed by atoms with Crippen molar-refractivity contribution in [2.24, 2.45) is 0 Å². The molecule has 0 aliphatic rings. The number of ether oxygens (including phenoxy) is 2. The summed E-state index contributed by atoms with van der Waals surface area (Å²) in [6.07, 6.45) is -2.85. The van der Waals surface area contributed by atoms with Crippen molar-refractivity contribution < 1.29 is 23.0 Å². The van der Waals surface area contributed by atoms with Crippen molar-refractivity contribution in [1.82, 2.24) is 0 Å². The Morgan fingerprint density at radius 1 is 1.41 bits per heavy atom. The highest BCUT2D eigenvalue weighted by atomic mass is 19.3. The van der Waals surface area contributed by atoms with E-state index in [1.165, 1.54) is 7.11 Å². The first-order valence-electron chi connectivity index (χ1n) is 4.53. The Kier molecular flexibility index (Phi) is 3.99. The number of carbonyl (C=O) groups is 1. The second kappa shape index (κ2) is 5.25. The molecule has 0 amide bonds. The average Bonchev–Trinajstić information content (AvgIpc) is 2.35. The Morgan fingerprint density at radius 3 is 2.47 bits per heavy atom. The van der Waals surface area contributed by atoms with E-state index in [4.69, 9.17) is 10.00 Å². The molecule has 0 saturated carbocycles. The molecule has 1 aromatic rings. The number of rotatable bonds is 3. The van der Waals surface area contributed by atoms with Crippen LogP contribution < -0.4 is 4.74 Å². The van der Waals surface area contributed by atoms with Crippen LogP contribution in [0.25, 0.3) is 0 Å². The van der Waals surface area contributed by atoms with E-state index in [1.807, 2.05) is 0 Å². The summed E-state index contributed by atoms with van der Waals surface area (Å²) in [6.45, 7) is 0. The van der Waals surface area contributed by atoms with Crippen LogP contribution in [0.3, 0.4) is 0 Å². The van der Waals surface area contributed by atoms with Crippen molar-refractivity contribution in [3.05, 3.63) is 28.8 Å². The summed E-state index contributed by atoms with van der Waals surface area (Å²) in [5.74, 6) is -1.10. The normalized spacial score (nSPS) is 9.88. The van der Waals surface area contributed by atoms with Crippen LogP contribution in [-0.4, -0.2) is 20.2 Å². The number of nitriles is 1. The van der Waals surface area contributed by atoms with E-state index in [0.29, 0.717) is 0 Å². The van der Waals surface area contributed by atoms with Crippen molar-refractivity contribution in [3.8, 4) is 11.8 Å². The molecule has 1 aromatic carbocycles. The van der Waals surface area contributed by atoms with Crippen LogP contribution in [0.4, 0.5) is 8.78 Å². The van der Waals surface area contributed by atoms with Gasteiger partial charge in [0.15, 0.2) is 0 Å². The highest BCUT2D eigenvalue weighted by molar-refractivity contribution is 5.93. The Morgan fingerprint density at radius 2 is 2.06 bits per heavy atom. The summed E-state index contributed by atoms with van der Waals surface area (Å²) < 4.78 is 34.7. The SMILES string of the molecule is COC(=O)c1cc(C#N)cc(C(F)F)c1OC. The van der Waals surface area contributed by atoms with Gasteiger partial charge in [0.25, 0.3) is 6.43 Å². The fourth-order valence-electron chi connectivity index (χ4n) is 1.37. The molecule has 0 bridgehead atoms. The Hall–Kier alpha value is -2.16. The largest absolute Gasteiger partial charge is 0.495 e. The Bertz CT molecular complexity index is 480. The Labute approximate surface area is 96.4 Å². The van der Waals surface area contributed by atoms with Gasteiger partial charge in [0, 0.05) is 0 Å². The molecular formula is C11H9F2NO3. The van der Waals surface area contributed by atoms with Crippen molar-refractivity contribution in [2.75, 3.05) is 14.2 Å². The fourth-order valence-corrected chi connectivity index (χ4v) is 1.37. The molecule has 0 N–H and O–H groups in total. The maximum atomic E-state index is 12.7. The number of hydrogen-bond donors (Lipinski definition) is 0. The number of nitrogens with zero attached hydrogens (tertiary/aromatic N) is 1. The first-order valence-corrected chi connectivity index (χ1v) is 4.53. The van der Waals surface area contributed by atoms with Crippen LogP contribution in [0.2, 0.25) is 0 Å². The third kappa shape index (κ3) is 2.50. The zero-order valence-electron chi connectivity index (χ0n) is 9.16. The quantitative estimate of drug-likeness (QED) is 0.762. The number of alkyl halides is 2. The number of benzene rings is 1. The molecule has 4 nitrogen and oxygen atoms in total. The van der Waals surface area contributed by atoms with Gasteiger partial charge in [-0.3, -0.25) is 0 Å². The van der Waals surface area contributed by atoms with Crippen LogP contribution in [0.15, 0.2) is 12.1 Å². The molecule has 0 aliphatic carbocycles. The van der Waals surface area contributed by atoms with E-state index in [2.05, 4.69) is 4.74 Å². The topological polar surface area (TPSA) is 59.3 Å². The fraction of sp³-hybridized carbons (Fsp3) is 0.273. The molecule has 1 rings (SSSR count). The molecule has 0 unspecified atom stereocenters. The average molecular weight is 241 g/mol. The summed E-state index contributed by atoms with van der Waals surface area (Å²) in [6, 6.07) is 3.83. The summed E-state index contributed by atoms with van der Waals surface area (Å²) in [5.41, 5.74) is -0.752. The van der Waals surface area contributed by atoms with Gasteiger partial charge in [-0.2, -0.15) is 5.26 Å². The van der Waals surface area contributed by atoms with Gasteiger partial charge >= 0.3 is 5.97 Å². The summed E-state index contributed by atoms with van der Waals surface area (Å²) in [5, 5.41) is 8.70. The van der Waals surface area contributed by atoms with E-state index in [9.17, 15) is 13.6 Å². The van der Waals surface area contributed by atoms with Crippen LogP contribution in [0, 0.1) is 11.3 Å². The first kappa shape index (κ1) is 12.9. The monoisotopic (exact) mass is 241 g/mol. The van der Waals surface area contributed by atoms with Crippen molar-refractivity contribution in [3.63, 3.8) is 0 Å². The van der Waals surface area contributed by atoms with Crippen molar-refractivity contribution in [2.45, 2.75) is 6.43 Å². The maximum absolute atomic E-state index is 12.7. The summed E-state index contributed by atoms with van der Waals surface area (Å²) >= 11 is 0. The van der Waals surface area contributed by atoms with Gasteiger partial charge in [0.1, 0.15) is 11.3 Å². The third-order valence-corrected chi connectivity index (χ3v) is 2.09. The lowest BCUT2D eigenvalue weighted by Gasteiger charge is -2.12. The standard InChI is InChI=1S/C11H9F2NO3/c1-16-9-7(10(12)13)3-6(5-14)4-8(9)11(15)17-2/h3-4,10H,1-2H3. The molecule has 90 valence electrons. The third-order valence-electron chi connectivity index (χ3n) is 2.09. The molecule has 0 radical (unpaired) electrons. The molecular weight excluding hydrogens is 232 g/mol. The molecule has 0 aromatic heterocycles. The summed E-state index contributed by atoms with van der Waals surface area (Å²) in [4.78, 5) is 11.4. The smallest absolute Gasteiger partial charge is 0.341 e. The van der Waals surface area contributed by atoms with Crippen LogP contribution in [-0.2, 0) is 4.74 Å². The zero-order valence-corrected chi connectivity index (χ0v) is 9.16. The van der Waals surface area contributed by atoms with Crippen LogP contribution in [0.1, 0.15) is 27.9 Å². The van der Waals surface area contributed by atoms with Crippen molar-refractivity contribution in [1.29, 1.82) is 5.26 Å². The van der Waals surface area contributed by atoms with E-state index in [-0.39, 0.29) is 16.9 Å². The lowest BCUT2D eigenvalue weighted by molar-refractivity contribution is 0.0596. The number of halogens is 2. The molecule has 17 heavy (non-hydrogen) atoms. The molecule has 0 fully saturated rings. The second-order valence-electron chi connectivity index (χ2n) is 3.05. The van der Waals surface area contributed by atoms with E-state index in [0.717, 1.165) is 19.2 Å². The molecule has 6 heteroatoms. The second-order valence-corrected chi connectivity index (χ2v) is 3.05. The van der Waals surface area contributed by atoms with Crippen molar-refractivity contribution >= 4 is 5.97 Å². The minimum atomic E-state index is -2.85. The van der Waals surface area contributed by atoms with E-state index in [1.54, 1.807) is 6.07 Å². The lowest BCUT2D eigenvalue weighted by atomic mass is 10.0. The van der Waals surface area contributed by atoms with Gasteiger partial charge < -0.3 is 9.47 Å². The van der Waals surface area contributed by atoms with Gasteiger partial charge in [0.05, 0.1) is 31.4 Å². The molecule has 0 saturated heterocycles. The minimum Gasteiger partial charge on any atom is -0.495 e. The van der Waals surface area contributed by atoms with Gasteiger partial charge in [-0.15, -0.1) is 0 Å². The Balaban J connectivity index is 3.51. The predicted molar refractivity (Wildman–Crippen MR) is 54.0 cm³/mol. The van der Waals surface area contributed by atoms with E-state index < -0.39 is 18.0 Å². The molecule has 0 heterocycles. The molecule has 0 atom stereocenters. The van der Waals surface area contributed by atoms with Crippen LogP contribution >= 0.6 is 0 Å². The van der Waals surface area contributed by atoms with Crippen LogP contribution in [0.5, 0.6) is 5.75 Å². The number of methoxy groups -OCH3 is 2. The molecule has 0 aliphatic heterocycles. The highest BCUT2D eigenvalue weighted by Crippen LogP contribution is 2.33. The number of esters is 1. The zero-order chi connectivity index (χ0) is 13.0. The molecule has 0 spiro atoms. The lowest BCUT2D eigenvalue weighted by Crippen LogP contribution is -2.07. The highest BCUT2D eigenvalue weighted by Gasteiger charge is 2.23. The first-order chi connectivity index (χ1) is 8.04. The van der Waals surface area contributed by atoms with Gasteiger partial charge in [-0.1, -0.05) is 0 Å². The number of carbonyl (C=O) groups excluding carboxylic acids is 1. The minimum absolute atomic E-state index is 0.0542. The van der Waals surface area contributed by atoms with E-state index >= 15 is 0 Å². The predicted octanol–water partition coefficient (Wildman–Crippen LogP) is 2.29. The van der Waals surface area contributed by atoms with Gasteiger partial charge in [0.2, 0.25) is 0 Å². The number of hydrogen-bond acceptors (Lipinski definition) is 4. The van der Waals surface area contributed by atoms with Gasteiger partial charge in [-0.05, 0) is 12.1 Å².